The number of hydrogen-bond acceptors (Lipinski definition) is 1. The summed E-state index contributed by atoms with van der Waals surface area (Å²) >= 11 is 0. The quantitative estimate of drug-likeness (QED) is 0.133. The molecular weight excluding hydrogens is 905 g/mol. The van der Waals surface area contributed by atoms with E-state index in [2.05, 4.69) is 313 Å². The lowest BCUT2D eigenvalue weighted by Crippen LogP contribution is -2.28. The van der Waals surface area contributed by atoms with Crippen molar-refractivity contribution in [1.29, 1.82) is 0 Å². The highest BCUT2D eigenvalue weighted by Gasteiger charge is 2.46. The van der Waals surface area contributed by atoms with Crippen LogP contribution >= 0.6 is 0 Å². The van der Waals surface area contributed by atoms with Crippen LogP contribution in [0.2, 0.25) is 0 Å². The lowest BCUT2D eigenvalue weighted by Gasteiger charge is -2.35. The molecule has 0 saturated carbocycles. The van der Waals surface area contributed by atoms with Crippen LogP contribution in [0.4, 0.5) is 17.1 Å². The Bertz CT molecular complexity index is 4160. The van der Waals surface area contributed by atoms with E-state index < -0.39 is 5.41 Å². The van der Waals surface area contributed by atoms with Crippen molar-refractivity contribution in [2.75, 3.05) is 4.90 Å². The van der Waals surface area contributed by atoms with Crippen LogP contribution in [-0.4, -0.2) is 4.57 Å². The van der Waals surface area contributed by atoms with Gasteiger partial charge >= 0.3 is 0 Å². The molecule has 1 aromatic heterocycles. The van der Waals surface area contributed by atoms with E-state index in [0.717, 1.165) is 45.0 Å². The van der Waals surface area contributed by atoms with E-state index in [1.807, 2.05) is 0 Å². The highest BCUT2D eigenvalue weighted by molar-refractivity contribution is 6.11. The fraction of sp³-hybridized carbons (Fsp3) is 0.0137. The van der Waals surface area contributed by atoms with Crippen molar-refractivity contribution >= 4 is 38.9 Å². The molecular formula is C73H50N2. The number of aromatic nitrogens is 1. The van der Waals surface area contributed by atoms with Crippen molar-refractivity contribution in [3.05, 3.63) is 326 Å². The van der Waals surface area contributed by atoms with Crippen LogP contribution in [0.1, 0.15) is 22.3 Å². The molecule has 0 amide bonds. The molecule has 0 unspecified atom stereocenters. The minimum absolute atomic E-state index is 0.525. The molecule has 1 heterocycles. The van der Waals surface area contributed by atoms with Gasteiger partial charge in [-0.2, -0.15) is 0 Å². The molecule has 0 saturated heterocycles. The Hall–Kier alpha value is -9.76. The number of rotatable bonds is 10. The molecule has 0 aliphatic heterocycles. The van der Waals surface area contributed by atoms with E-state index in [1.165, 1.54) is 77.4 Å². The fourth-order valence-electron chi connectivity index (χ4n) is 12.1. The summed E-state index contributed by atoms with van der Waals surface area (Å²) < 4.78 is 2.44. The van der Waals surface area contributed by atoms with E-state index >= 15 is 0 Å². The van der Waals surface area contributed by atoms with Crippen LogP contribution in [0.5, 0.6) is 0 Å². The van der Waals surface area contributed by atoms with Gasteiger partial charge in [-0.25, -0.2) is 0 Å². The minimum atomic E-state index is -0.525. The van der Waals surface area contributed by atoms with Crippen LogP contribution in [0, 0.1) is 0 Å². The molecule has 13 aromatic rings. The third kappa shape index (κ3) is 7.41. The molecule has 75 heavy (non-hydrogen) atoms. The Labute approximate surface area is 438 Å². The van der Waals surface area contributed by atoms with Crippen LogP contribution in [0.25, 0.3) is 83.1 Å². The van der Waals surface area contributed by atoms with Gasteiger partial charge in [-0.1, -0.05) is 237 Å². The molecule has 352 valence electrons. The number of hydrogen-bond donors (Lipinski definition) is 0. The standard InChI is InChI=1S/C73H50N2/c1-6-21-51(22-7-1)53-37-41-61(42-38-53)75-71-46-40-55(52-23-8-2-9-24-52)48-67(71)66-44-39-56(49-72(66)75)54-25-20-26-57(47-54)63-33-17-19-36-70(63)74(60-31-14-5-15-32-60)62-43-45-65-64-34-16-18-35-68(64)73(69(65)50-62,58-27-10-3-11-28-58)59-29-12-4-13-30-59/h1-50H. The SMILES string of the molecule is c1ccc(-c2ccc(-n3c4ccc(-c5ccccc5)cc4c4ccc(-c5cccc(-c6ccccc6N(c6ccccc6)c6ccc7c(c6)C(c6ccccc6)(c6ccccc6)c6ccccc6-7)c5)cc43)cc2)cc1. The molecule has 12 aromatic carbocycles. The average molecular weight is 955 g/mol. The topological polar surface area (TPSA) is 8.17 Å². The third-order valence-corrected chi connectivity index (χ3v) is 15.5. The van der Waals surface area contributed by atoms with Crippen LogP contribution in [0.15, 0.2) is 303 Å². The largest absolute Gasteiger partial charge is 0.310 e. The number of para-hydroxylation sites is 2. The Morgan fingerprint density at radius 2 is 0.773 bits per heavy atom. The molecule has 1 aliphatic rings. The van der Waals surface area contributed by atoms with Gasteiger partial charge in [-0.05, 0) is 139 Å². The minimum Gasteiger partial charge on any atom is -0.310 e. The average Bonchev–Trinajstić information content (AvgIpc) is 4.04. The maximum atomic E-state index is 2.46. The summed E-state index contributed by atoms with van der Waals surface area (Å²) in [5.41, 5.74) is 23.3. The number of nitrogens with zero attached hydrogens (tertiary/aromatic N) is 2. The zero-order valence-electron chi connectivity index (χ0n) is 41.3. The highest BCUT2D eigenvalue weighted by atomic mass is 15.1. The van der Waals surface area contributed by atoms with Crippen LogP contribution in [-0.2, 0) is 5.41 Å². The third-order valence-electron chi connectivity index (χ3n) is 15.5. The Kier molecular flexibility index (Phi) is 10.8. The first-order valence-corrected chi connectivity index (χ1v) is 25.9. The van der Waals surface area contributed by atoms with Gasteiger partial charge in [0.25, 0.3) is 0 Å². The predicted molar refractivity (Wildman–Crippen MR) is 315 cm³/mol. The van der Waals surface area contributed by atoms with Gasteiger partial charge < -0.3 is 9.47 Å². The Morgan fingerprint density at radius 1 is 0.267 bits per heavy atom. The van der Waals surface area contributed by atoms with E-state index in [0.29, 0.717) is 0 Å². The smallest absolute Gasteiger partial charge is 0.0714 e. The van der Waals surface area contributed by atoms with E-state index in [4.69, 9.17) is 0 Å². The summed E-state index contributed by atoms with van der Waals surface area (Å²) in [6, 6.07) is 111. The molecule has 0 spiro atoms. The highest BCUT2D eigenvalue weighted by Crippen LogP contribution is 2.57. The van der Waals surface area contributed by atoms with Gasteiger partial charge in [0.05, 0.1) is 22.1 Å². The van der Waals surface area contributed by atoms with Crippen molar-refractivity contribution in [3.63, 3.8) is 0 Å². The second-order valence-corrected chi connectivity index (χ2v) is 19.6. The lowest BCUT2D eigenvalue weighted by atomic mass is 9.67. The van der Waals surface area contributed by atoms with E-state index in [-0.39, 0.29) is 0 Å². The first-order chi connectivity index (χ1) is 37.2. The van der Waals surface area contributed by atoms with Crippen molar-refractivity contribution < 1.29 is 0 Å². The van der Waals surface area contributed by atoms with E-state index in [9.17, 15) is 0 Å². The maximum Gasteiger partial charge on any atom is 0.0714 e. The van der Waals surface area contributed by atoms with Gasteiger partial charge in [0.1, 0.15) is 0 Å². The molecule has 2 heteroatoms. The first-order valence-electron chi connectivity index (χ1n) is 25.9. The van der Waals surface area contributed by atoms with Gasteiger partial charge in [0, 0.05) is 33.4 Å². The van der Waals surface area contributed by atoms with Crippen molar-refractivity contribution in [2.24, 2.45) is 0 Å². The molecule has 0 atom stereocenters. The summed E-state index contributed by atoms with van der Waals surface area (Å²) in [5, 5.41) is 2.45. The second-order valence-electron chi connectivity index (χ2n) is 19.6. The van der Waals surface area contributed by atoms with Gasteiger partial charge in [0.15, 0.2) is 0 Å². The zero-order valence-corrected chi connectivity index (χ0v) is 41.3. The summed E-state index contributed by atoms with van der Waals surface area (Å²) in [7, 11) is 0. The summed E-state index contributed by atoms with van der Waals surface area (Å²) in [4.78, 5) is 2.45. The van der Waals surface area contributed by atoms with Gasteiger partial charge in [-0.3, -0.25) is 0 Å². The first kappa shape index (κ1) is 44.0. The fourth-order valence-corrected chi connectivity index (χ4v) is 12.1. The summed E-state index contributed by atoms with van der Waals surface area (Å²) in [5.74, 6) is 0. The zero-order chi connectivity index (χ0) is 49.7. The molecule has 0 N–H and O–H groups in total. The normalized spacial score (nSPS) is 12.4. The lowest BCUT2D eigenvalue weighted by molar-refractivity contribution is 0.768. The van der Waals surface area contributed by atoms with Crippen LogP contribution < -0.4 is 4.90 Å². The molecule has 0 radical (unpaired) electrons. The van der Waals surface area contributed by atoms with Crippen molar-refractivity contribution in [3.8, 4) is 61.3 Å². The monoisotopic (exact) mass is 954 g/mol. The Balaban J connectivity index is 0.912. The number of anilines is 3. The summed E-state index contributed by atoms with van der Waals surface area (Å²) in [6.07, 6.45) is 0. The molecule has 0 bridgehead atoms. The predicted octanol–water partition coefficient (Wildman–Crippen LogP) is 19.3. The number of benzene rings is 12. The second kappa shape index (κ2) is 18.4. The van der Waals surface area contributed by atoms with Crippen molar-refractivity contribution in [1.82, 2.24) is 4.57 Å². The van der Waals surface area contributed by atoms with Gasteiger partial charge in [0.2, 0.25) is 0 Å². The number of fused-ring (bicyclic) bond motifs is 6. The molecule has 2 nitrogen and oxygen atoms in total. The molecule has 14 rings (SSSR count). The summed E-state index contributed by atoms with van der Waals surface area (Å²) in [6.45, 7) is 0. The van der Waals surface area contributed by atoms with Crippen LogP contribution in [0.3, 0.4) is 0 Å². The maximum absolute atomic E-state index is 2.46. The van der Waals surface area contributed by atoms with Gasteiger partial charge in [-0.15, -0.1) is 0 Å². The molecule has 0 fully saturated rings. The Morgan fingerprint density at radius 3 is 1.48 bits per heavy atom. The van der Waals surface area contributed by atoms with Crippen molar-refractivity contribution in [2.45, 2.75) is 5.41 Å². The van der Waals surface area contributed by atoms with E-state index in [1.54, 1.807) is 0 Å². The molecule has 1 aliphatic carbocycles.